The van der Waals surface area contributed by atoms with Crippen LogP contribution < -0.4 is 15.4 Å². The first-order valence-electron chi connectivity index (χ1n) is 10.1. The van der Waals surface area contributed by atoms with Crippen LogP contribution in [0.5, 0.6) is 5.75 Å². The maximum absolute atomic E-state index is 12.3. The summed E-state index contributed by atoms with van der Waals surface area (Å²) in [6.07, 6.45) is -2.16. The molecule has 11 heteroatoms. The van der Waals surface area contributed by atoms with E-state index in [2.05, 4.69) is 25.8 Å². The Balaban J connectivity index is 1.59. The summed E-state index contributed by atoms with van der Waals surface area (Å²) in [6.45, 7) is 2.76. The van der Waals surface area contributed by atoms with Crippen molar-refractivity contribution in [1.82, 2.24) is 25.4 Å². The number of nitrogens with zero attached hydrogens (tertiary/aromatic N) is 4. The quantitative estimate of drug-likeness (QED) is 0.485. The Kier molecular flexibility index (Phi) is 7.72. The zero-order valence-corrected chi connectivity index (χ0v) is 17.6. The summed E-state index contributed by atoms with van der Waals surface area (Å²) in [5.74, 6) is 2.34. The molecule has 1 aliphatic heterocycles. The molecule has 1 aromatic heterocycles. The van der Waals surface area contributed by atoms with E-state index >= 15 is 0 Å². The minimum absolute atomic E-state index is 0.147. The molecule has 0 bridgehead atoms. The molecule has 170 valence electrons. The zero-order chi connectivity index (χ0) is 22.3. The van der Waals surface area contributed by atoms with E-state index in [1.165, 1.54) is 12.1 Å². The molecule has 0 amide bonds. The van der Waals surface area contributed by atoms with Gasteiger partial charge in [0.1, 0.15) is 11.6 Å². The van der Waals surface area contributed by atoms with Crippen molar-refractivity contribution in [3.05, 3.63) is 41.5 Å². The lowest BCUT2D eigenvalue weighted by Crippen LogP contribution is -2.41. The summed E-state index contributed by atoms with van der Waals surface area (Å²) in [4.78, 5) is 4.58. The molecular weight excluding hydrogens is 413 g/mol. The molecule has 1 saturated heterocycles. The fourth-order valence-corrected chi connectivity index (χ4v) is 2.98. The van der Waals surface area contributed by atoms with Gasteiger partial charge >= 0.3 is 6.18 Å². The first-order valence-corrected chi connectivity index (χ1v) is 10.1. The van der Waals surface area contributed by atoms with Crippen LogP contribution in [0.1, 0.15) is 30.1 Å². The summed E-state index contributed by atoms with van der Waals surface area (Å²) in [5, 5.41) is 14.7. The Morgan fingerprint density at radius 2 is 2.03 bits per heavy atom. The van der Waals surface area contributed by atoms with E-state index in [1.54, 1.807) is 12.1 Å². The van der Waals surface area contributed by atoms with Gasteiger partial charge in [0.25, 0.3) is 0 Å². The molecule has 8 nitrogen and oxygen atoms in total. The summed E-state index contributed by atoms with van der Waals surface area (Å²) >= 11 is 0. The number of nitrogens with one attached hydrogen (secondary N) is 2. The van der Waals surface area contributed by atoms with Gasteiger partial charge in [-0.3, -0.25) is 0 Å². The van der Waals surface area contributed by atoms with Gasteiger partial charge in [0.05, 0.1) is 19.2 Å². The van der Waals surface area contributed by atoms with E-state index < -0.39 is 12.8 Å². The summed E-state index contributed by atoms with van der Waals surface area (Å²) in [5.41, 5.74) is 0.840. The highest BCUT2D eigenvalue weighted by Crippen LogP contribution is 2.19. The largest absolute Gasteiger partial charge is 0.484 e. The van der Waals surface area contributed by atoms with Crippen LogP contribution in [0, 0.1) is 6.92 Å². The number of guanidine groups is 1. The van der Waals surface area contributed by atoms with E-state index in [-0.39, 0.29) is 11.9 Å². The molecule has 31 heavy (non-hydrogen) atoms. The smallest absolute Gasteiger partial charge is 0.422 e. The number of ether oxygens (including phenoxy) is 2. The Bertz CT molecular complexity index is 861. The molecule has 3 rings (SSSR count). The lowest BCUT2D eigenvalue weighted by molar-refractivity contribution is -0.153. The second-order valence-corrected chi connectivity index (χ2v) is 7.30. The van der Waals surface area contributed by atoms with E-state index in [4.69, 9.17) is 9.47 Å². The highest BCUT2D eigenvalue weighted by Gasteiger charge is 2.28. The molecule has 1 atom stereocenters. The number of rotatable bonds is 8. The SMILES string of the molecule is Cc1nnc(CNC(=NCc2ccc(OCC(F)(F)F)cc2)NCC2CCCO2)n1C. The number of halogens is 3. The normalized spacial score (nSPS) is 17.1. The molecule has 1 aliphatic rings. The lowest BCUT2D eigenvalue weighted by Gasteiger charge is -2.15. The minimum Gasteiger partial charge on any atom is -0.484 e. The van der Waals surface area contributed by atoms with Gasteiger partial charge in [0.2, 0.25) is 0 Å². The molecule has 1 unspecified atom stereocenters. The van der Waals surface area contributed by atoms with Crippen LogP contribution in [0.25, 0.3) is 0 Å². The average molecular weight is 440 g/mol. The molecule has 2 N–H and O–H groups in total. The van der Waals surface area contributed by atoms with Crippen LogP contribution in [0.4, 0.5) is 13.2 Å². The molecule has 2 heterocycles. The van der Waals surface area contributed by atoms with E-state index in [9.17, 15) is 13.2 Å². The van der Waals surface area contributed by atoms with Crippen molar-refractivity contribution in [2.45, 2.75) is 45.1 Å². The third-order valence-corrected chi connectivity index (χ3v) is 4.86. The van der Waals surface area contributed by atoms with Gasteiger partial charge in [-0.2, -0.15) is 13.2 Å². The standard InChI is InChI=1S/C20H27F3N6O2/c1-14-27-28-18(29(14)2)12-26-19(25-11-17-4-3-9-30-17)24-10-15-5-7-16(8-6-15)31-13-20(21,22)23/h5-8,17H,3-4,9-13H2,1-2H3,(H2,24,25,26). The van der Waals surface area contributed by atoms with E-state index in [0.717, 1.165) is 36.7 Å². The van der Waals surface area contributed by atoms with Gasteiger partial charge in [0, 0.05) is 20.2 Å². The zero-order valence-electron chi connectivity index (χ0n) is 17.6. The maximum atomic E-state index is 12.3. The van der Waals surface area contributed by atoms with Crippen molar-refractivity contribution in [3.63, 3.8) is 0 Å². The monoisotopic (exact) mass is 440 g/mol. The van der Waals surface area contributed by atoms with Crippen molar-refractivity contribution >= 4 is 5.96 Å². The summed E-state index contributed by atoms with van der Waals surface area (Å²) < 4.78 is 49.1. The van der Waals surface area contributed by atoms with Crippen molar-refractivity contribution in [2.24, 2.45) is 12.0 Å². The minimum atomic E-state index is -4.36. The van der Waals surface area contributed by atoms with E-state index in [0.29, 0.717) is 25.6 Å². The van der Waals surface area contributed by atoms with Gasteiger partial charge in [-0.1, -0.05) is 12.1 Å². The molecule has 2 aromatic rings. The topological polar surface area (TPSA) is 85.6 Å². The third-order valence-electron chi connectivity index (χ3n) is 4.86. The highest BCUT2D eigenvalue weighted by atomic mass is 19.4. The fraction of sp³-hybridized carbons (Fsp3) is 0.550. The molecule has 0 radical (unpaired) electrons. The van der Waals surface area contributed by atoms with Crippen molar-refractivity contribution in [3.8, 4) is 5.75 Å². The van der Waals surface area contributed by atoms with Crippen molar-refractivity contribution < 1.29 is 22.6 Å². The molecule has 0 saturated carbocycles. The van der Waals surface area contributed by atoms with Crippen LogP contribution in [0.15, 0.2) is 29.3 Å². The number of benzene rings is 1. The number of aryl methyl sites for hydroxylation is 1. The van der Waals surface area contributed by atoms with Gasteiger partial charge in [0.15, 0.2) is 18.4 Å². The average Bonchev–Trinajstić information content (AvgIpc) is 3.37. The van der Waals surface area contributed by atoms with Gasteiger partial charge in [-0.05, 0) is 37.5 Å². The number of aromatic nitrogens is 3. The van der Waals surface area contributed by atoms with E-state index in [1.807, 2.05) is 18.5 Å². The number of alkyl halides is 3. The Morgan fingerprint density at radius 1 is 1.26 bits per heavy atom. The second-order valence-electron chi connectivity index (χ2n) is 7.30. The Labute approximate surface area is 178 Å². The predicted molar refractivity (Wildman–Crippen MR) is 109 cm³/mol. The predicted octanol–water partition coefficient (Wildman–Crippen LogP) is 2.48. The number of hydrogen-bond acceptors (Lipinski definition) is 5. The van der Waals surface area contributed by atoms with Crippen LogP contribution >= 0.6 is 0 Å². The first-order chi connectivity index (χ1) is 14.8. The molecule has 0 aliphatic carbocycles. The summed E-state index contributed by atoms with van der Waals surface area (Å²) in [7, 11) is 1.89. The fourth-order valence-electron chi connectivity index (χ4n) is 2.98. The van der Waals surface area contributed by atoms with Crippen LogP contribution in [-0.4, -0.2) is 52.8 Å². The second kappa shape index (κ2) is 10.5. The third kappa shape index (κ3) is 7.42. The van der Waals surface area contributed by atoms with Crippen molar-refractivity contribution in [2.75, 3.05) is 19.8 Å². The van der Waals surface area contributed by atoms with Crippen LogP contribution in [0.2, 0.25) is 0 Å². The number of aliphatic imine (C=N–C) groups is 1. The highest BCUT2D eigenvalue weighted by molar-refractivity contribution is 5.79. The lowest BCUT2D eigenvalue weighted by atomic mass is 10.2. The molecule has 1 fully saturated rings. The molecular formula is C20H27F3N6O2. The Morgan fingerprint density at radius 3 is 2.65 bits per heavy atom. The van der Waals surface area contributed by atoms with Gasteiger partial charge < -0.3 is 24.7 Å². The number of hydrogen-bond donors (Lipinski definition) is 2. The first kappa shape index (κ1) is 22.9. The van der Waals surface area contributed by atoms with Crippen LogP contribution in [-0.2, 0) is 24.9 Å². The van der Waals surface area contributed by atoms with Crippen molar-refractivity contribution in [1.29, 1.82) is 0 Å². The Hall–Kier alpha value is -2.82. The van der Waals surface area contributed by atoms with Gasteiger partial charge in [-0.25, -0.2) is 4.99 Å². The molecule has 0 spiro atoms. The van der Waals surface area contributed by atoms with Crippen LogP contribution in [0.3, 0.4) is 0 Å². The summed E-state index contributed by atoms with van der Waals surface area (Å²) in [6, 6.07) is 6.40. The molecule has 1 aromatic carbocycles. The maximum Gasteiger partial charge on any atom is 0.422 e. The van der Waals surface area contributed by atoms with Gasteiger partial charge in [-0.15, -0.1) is 10.2 Å².